The number of carboxylic acids is 1. The largest absolute Gasteiger partial charge is 0.476 e. The maximum Gasteiger partial charge on any atom is 0.365 e. The molecule has 0 spiro atoms. The Balaban J connectivity index is 1.97. The Labute approximate surface area is 95.8 Å². The van der Waals surface area contributed by atoms with Crippen LogP contribution in [0.25, 0.3) is 0 Å². The zero-order valence-corrected chi connectivity index (χ0v) is 9.22. The van der Waals surface area contributed by atoms with Crippen molar-refractivity contribution in [3.63, 3.8) is 0 Å². The summed E-state index contributed by atoms with van der Waals surface area (Å²) < 4.78 is 0. The number of hydrogen-bond acceptors (Lipinski definition) is 6. The van der Waals surface area contributed by atoms with Crippen LogP contribution in [0.3, 0.4) is 0 Å². The van der Waals surface area contributed by atoms with Crippen molar-refractivity contribution >= 4 is 17.3 Å². The molecule has 88 valence electrons. The van der Waals surface area contributed by atoms with E-state index in [9.17, 15) is 15.0 Å². The summed E-state index contributed by atoms with van der Waals surface area (Å²) >= 11 is 1.08. The van der Waals surface area contributed by atoms with Gasteiger partial charge < -0.3 is 15.3 Å². The molecular formula is C9H12N2O4S. The van der Waals surface area contributed by atoms with Gasteiger partial charge in [0.1, 0.15) is 0 Å². The second-order valence-electron chi connectivity index (χ2n) is 3.78. The van der Waals surface area contributed by atoms with E-state index in [1.165, 1.54) is 0 Å². The standard InChI is InChI=1S/C9H12N2O4S/c12-6-2-11(3-7(6)13)1-5-4-16-8(10-5)9(14)15/h4,6-7,12-13H,1-3H2,(H,14,15). The van der Waals surface area contributed by atoms with E-state index in [0.717, 1.165) is 11.3 Å². The Hall–Kier alpha value is -1.02. The van der Waals surface area contributed by atoms with E-state index in [-0.39, 0.29) is 5.01 Å². The second kappa shape index (κ2) is 4.46. The summed E-state index contributed by atoms with van der Waals surface area (Å²) in [5, 5.41) is 29.1. The van der Waals surface area contributed by atoms with Crippen molar-refractivity contribution in [2.75, 3.05) is 13.1 Å². The van der Waals surface area contributed by atoms with Crippen molar-refractivity contribution in [2.24, 2.45) is 0 Å². The summed E-state index contributed by atoms with van der Waals surface area (Å²) in [6.07, 6.45) is -1.45. The summed E-state index contributed by atoms with van der Waals surface area (Å²) in [5.41, 5.74) is 0.656. The molecule has 0 amide bonds. The number of thiazole rings is 1. The Bertz CT molecular complexity index is 385. The lowest BCUT2D eigenvalue weighted by molar-refractivity contribution is 0.0572. The summed E-state index contributed by atoms with van der Waals surface area (Å²) in [6.45, 7) is 1.24. The van der Waals surface area contributed by atoms with E-state index >= 15 is 0 Å². The molecule has 1 aliphatic heterocycles. The highest BCUT2D eigenvalue weighted by Crippen LogP contribution is 2.16. The van der Waals surface area contributed by atoms with E-state index in [1.54, 1.807) is 5.38 Å². The van der Waals surface area contributed by atoms with Gasteiger partial charge in [-0.15, -0.1) is 11.3 Å². The number of aliphatic hydroxyl groups excluding tert-OH is 2. The Kier molecular flexibility index (Phi) is 3.20. The van der Waals surface area contributed by atoms with Crippen LogP contribution in [-0.2, 0) is 6.54 Å². The van der Waals surface area contributed by atoms with Gasteiger partial charge in [0.2, 0.25) is 5.01 Å². The Morgan fingerprint density at radius 3 is 2.62 bits per heavy atom. The SMILES string of the molecule is O=C(O)c1nc(CN2CC(O)C(O)C2)cs1. The number of carboxylic acid groups (broad SMARTS) is 1. The molecule has 3 N–H and O–H groups in total. The minimum Gasteiger partial charge on any atom is -0.476 e. The van der Waals surface area contributed by atoms with E-state index in [4.69, 9.17) is 5.11 Å². The third-order valence-corrected chi connectivity index (χ3v) is 3.33. The lowest BCUT2D eigenvalue weighted by Crippen LogP contribution is -2.22. The Morgan fingerprint density at radius 1 is 1.50 bits per heavy atom. The van der Waals surface area contributed by atoms with E-state index < -0.39 is 18.2 Å². The minimum absolute atomic E-state index is 0.0651. The average molecular weight is 244 g/mol. The van der Waals surface area contributed by atoms with Crippen molar-refractivity contribution < 1.29 is 20.1 Å². The van der Waals surface area contributed by atoms with Gasteiger partial charge >= 0.3 is 5.97 Å². The van der Waals surface area contributed by atoms with Crippen LogP contribution in [0.4, 0.5) is 0 Å². The van der Waals surface area contributed by atoms with Crippen LogP contribution in [0.5, 0.6) is 0 Å². The number of likely N-dealkylation sites (tertiary alicyclic amines) is 1. The molecule has 7 heteroatoms. The van der Waals surface area contributed by atoms with Crippen LogP contribution < -0.4 is 0 Å². The van der Waals surface area contributed by atoms with Crippen LogP contribution in [0.15, 0.2) is 5.38 Å². The van der Waals surface area contributed by atoms with Crippen LogP contribution in [0.2, 0.25) is 0 Å². The summed E-state index contributed by atoms with van der Waals surface area (Å²) in [6, 6.07) is 0. The fraction of sp³-hybridized carbons (Fsp3) is 0.556. The van der Waals surface area contributed by atoms with Crippen molar-refractivity contribution in [3.8, 4) is 0 Å². The monoisotopic (exact) mass is 244 g/mol. The first kappa shape index (κ1) is 11.5. The molecule has 1 fully saturated rings. The molecule has 2 heterocycles. The molecule has 0 aromatic carbocycles. The van der Waals surface area contributed by atoms with Gasteiger partial charge in [-0.05, 0) is 0 Å². The molecule has 0 saturated carbocycles. The molecule has 1 aromatic heterocycles. The molecule has 1 aliphatic rings. The predicted octanol–water partition coefficient (Wildman–Crippen LogP) is -0.621. The van der Waals surface area contributed by atoms with Crippen molar-refractivity contribution in [2.45, 2.75) is 18.8 Å². The van der Waals surface area contributed by atoms with Gasteiger partial charge in [0.25, 0.3) is 0 Å². The van der Waals surface area contributed by atoms with Gasteiger partial charge in [0.05, 0.1) is 17.9 Å². The maximum atomic E-state index is 10.6. The lowest BCUT2D eigenvalue weighted by atomic mass is 10.3. The molecule has 1 saturated heterocycles. The number of rotatable bonds is 3. The van der Waals surface area contributed by atoms with Crippen molar-refractivity contribution in [1.29, 1.82) is 0 Å². The van der Waals surface area contributed by atoms with Crippen LogP contribution in [0.1, 0.15) is 15.5 Å². The van der Waals surface area contributed by atoms with Gasteiger partial charge in [-0.25, -0.2) is 9.78 Å². The van der Waals surface area contributed by atoms with Crippen LogP contribution in [-0.4, -0.2) is 56.5 Å². The highest BCUT2D eigenvalue weighted by Gasteiger charge is 2.29. The number of nitrogens with zero attached hydrogens (tertiary/aromatic N) is 2. The molecule has 2 rings (SSSR count). The smallest absolute Gasteiger partial charge is 0.365 e. The molecule has 16 heavy (non-hydrogen) atoms. The number of hydrogen-bond donors (Lipinski definition) is 3. The van der Waals surface area contributed by atoms with E-state index in [0.29, 0.717) is 25.3 Å². The lowest BCUT2D eigenvalue weighted by Gasteiger charge is -2.11. The zero-order valence-electron chi connectivity index (χ0n) is 8.41. The third kappa shape index (κ3) is 2.38. The van der Waals surface area contributed by atoms with E-state index in [2.05, 4.69) is 4.98 Å². The van der Waals surface area contributed by atoms with Gasteiger partial charge in [-0.3, -0.25) is 4.90 Å². The zero-order chi connectivity index (χ0) is 11.7. The van der Waals surface area contributed by atoms with Crippen LogP contribution in [0, 0.1) is 0 Å². The highest BCUT2D eigenvalue weighted by atomic mass is 32.1. The molecular weight excluding hydrogens is 232 g/mol. The number of aromatic carboxylic acids is 1. The predicted molar refractivity (Wildman–Crippen MR) is 56.4 cm³/mol. The van der Waals surface area contributed by atoms with Gasteiger partial charge in [0.15, 0.2) is 0 Å². The molecule has 1 aromatic rings. The normalized spacial score (nSPS) is 26.1. The second-order valence-corrected chi connectivity index (χ2v) is 4.64. The molecule has 0 radical (unpaired) electrons. The molecule has 6 nitrogen and oxygen atoms in total. The van der Waals surface area contributed by atoms with Crippen LogP contribution >= 0.6 is 11.3 Å². The Morgan fingerprint density at radius 2 is 2.12 bits per heavy atom. The molecule has 0 bridgehead atoms. The van der Waals surface area contributed by atoms with E-state index in [1.807, 2.05) is 4.90 Å². The van der Waals surface area contributed by atoms with Crippen molar-refractivity contribution in [1.82, 2.24) is 9.88 Å². The number of aliphatic hydroxyl groups is 2. The fourth-order valence-electron chi connectivity index (χ4n) is 1.68. The minimum atomic E-state index is -1.03. The topological polar surface area (TPSA) is 93.9 Å². The summed E-state index contributed by atoms with van der Waals surface area (Å²) in [5.74, 6) is -1.03. The maximum absolute atomic E-state index is 10.6. The molecule has 2 atom stereocenters. The summed E-state index contributed by atoms with van der Waals surface area (Å²) in [4.78, 5) is 16.4. The number of aromatic nitrogens is 1. The highest BCUT2D eigenvalue weighted by molar-refractivity contribution is 7.11. The molecule has 2 unspecified atom stereocenters. The van der Waals surface area contributed by atoms with Gasteiger partial charge in [0, 0.05) is 25.0 Å². The number of carbonyl (C=O) groups is 1. The first-order chi connectivity index (χ1) is 7.56. The average Bonchev–Trinajstić information content (AvgIpc) is 2.76. The molecule has 0 aliphatic carbocycles. The number of β-amino-alcohol motifs (C(OH)–C–C–N with tert-alkyl or cyclic N) is 2. The fourth-order valence-corrected chi connectivity index (χ4v) is 2.33. The quantitative estimate of drug-likeness (QED) is 0.656. The first-order valence-corrected chi connectivity index (χ1v) is 5.70. The third-order valence-electron chi connectivity index (χ3n) is 2.45. The van der Waals surface area contributed by atoms with Gasteiger partial charge in [-0.1, -0.05) is 0 Å². The first-order valence-electron chi connectivity index (χ1n) is 4.82. The van der Waals surface area contributed by atoms with Crippen molar-refractivity contribution in [3.05, 3.63) is 16.1 Å². The summed E-state index contributed by atoms with van der Waals surface area (Å²) in [7, 11) is 0. The van der Waals surface area contributed by atoms with Gasteiger partial charge in [-0.2, -0.15) is 0 Å².